The van der Waals surface area contributed by atoms with Crippen LogP contribution < -0.4 is 5.32 Å². The fourth-order valence-corrected chi connectivity index (χ4v) is 1.97. The van der Waals surface area contributed by atoms with Gasteiger partial charge in [0.15, 0.2) is 11.6 Å². The molecule has 0 amide bonds. The predicted octanol–water partition coefficient (Wildman–Crippen LogP) is 4.64. The highest BCUT2D eigenvalue weighted by Gasteiger charge is 2.18. The molecule has 0 unspecified atom stereocenters. The second kappa shape index (κ2) is 10.3. The molecule has 0 radical (unpaired) electrons. The van der Waals surface area contributed by atoms with Gasteiger partial charge < -0.3 is 5.32 Å². The first-order chi connectivity index (χ1) is 10.4. The van der Waals surface area contributed by atoms with Gasteiger partial charge in [0, 0.05) is 36.1 Å². The highest BCUT2D eigenvalue weighted by atomic mass is 16.1. The van der Waals surface area contributed by atoms with E-state index in [1.807, 2.05) is 46.8 Å². The van der Waals surface area contributed by atoms with Crippen LogP contribution in [0.1, 0.15) is 81.2 Å². The zero-order valence-electron chi connectivity index (χ0n) is 15.1. The third-order valence-electron chi connectivity index (χ3n) is 3.21. The molecule has 1 rings (SSSR count). The number of carbonyl (C=O) groups excluding carboxylic acids is 2. The monoisotopic (exact) mass is 305 g/mol. The second-order valence-corrected chi connectivity index (χ2v) is 5.71. The molecule has 1 aromatic rings. The minimum absolute atomic E-state index is 0.0281. The molecule has 0 saturated heterocycles. The summed E-state index contributed by atoms with van der Waals surface area (Å²) in [6, 6.07) is 5.97. The average Bonchev–Trinajstić information content (AvgIpc) is 2.52. The maximum atomic E-state index is 12.2. The molecular formula is C19H31NO2. The van der Waals surface area contributed by atoms with Gasteiger partial charge in [-0.1, -0.05) is 60.6 Å². The van der Waals surface area contributed by atoms with E-state index in [2.05, 4.69) is 19.2 Å². The number of benzene rings is 1. The molecule has 0 heterocycles. The van der Waals surface area contributed by atoms with Crippen molar-refractivity contribution < 1.29 is 9.59 Å². The number of carbonyl (C=O) groups is 2. The second-order valence-electron chi connectivity index (χ2n) is 5.71. The Labute approximate surface area is 135 Å². The van der Waals surface area contributed by atoms with E-state index in [4.69, 9.17) is 0 Å². The molecule has 0 aliphatic heterocycles. The quantitative estimate of drug-likeness (QED) is 0.746. The lowest BCUT2D eigenvalue weighted by Crippen LogP contribution is -2.22. The van der Waals surface area contributed by atoms with Gasteiger partial charge in [-0.25, -0.2) is 0 Å². The molecule has 3 nitrogen and oxygen atoms in total. The standard InChI is InChI=1S/C17H25NO2.C2H6/c1-6-16(19)15-9-13(10-18-12(4)5)7-8-14(15)17(20)11(2)3;1-2/h7-9,11-12,18H,6,10H2,1-5H3;1-2H3. The van der Waals surface area contributed by atoms with Crippen LogP contribution in [0.5, 0.6) is 0 Å². The van der Waals surface area contributed by atoms with Gasteiger partial charge in [-0.2, -0.15) is 0 Å². The van der Waals surface area contributed by atoms with Crippen molar-refractivity contribution in [2.45, 2.75) is 67.5 Å². The Morgan fingerprint density at radius 3 is 2.09 bits per heavy atom. The van der Waals surface area contributed by atoms with E-state index in [0.29, 0.717) is 30.1 Å². The molecule has 0 saturated carbocycles. The van der Waals surface area contributed by atoms with Crippen LogP contribution in [0.15, 0.2) is 18.2 Å². The Morgan fingerprint density at radius 1 is 1.05 bits per heavy atom. The van der Waals surface area contributed by atoms with E-state index < -0.39 is 0 Å². The summed E-state index contributed by atoms with van der Waals surface area (Å²) >= 11 is 0. The van der Waals surface area contributed by atoms with Gasteiger partial charge in [0.05, 0.1) is 0 Å². The molecule has 1 N–H and O–H groups in total. The van der Waals surface area contributed by atoms with E-state index in [1.54, 1.807) is 6.07 Å². The minimum Gasteiger partial charge on any atom is -0.310 e. The Balaban J connectivity index is 0.00000211. The lowest BCUT2D eigenvalue weighted by Gasteiger charge is -2.13. The van der Waals surface area contributed by atoms with E-state index in [1.165, 1.54) is 0 Å². The van der Waals surface area contributed by atoms with E-state index in [0.717, 1.165) is 5.56 Å². The van der Waals surface area contributed by atoms with Crippen molar-refractivity contribution >= 4 is 11.6 Å². The molecule has 0 aromatic heterocycles. The lowest BCUT2D eigenvalue weighted by atomic mass is 9.92. The molecule has 0 bridgehead atoms. The highest BCUT2D eigenvalue weighted by Crippen LogP contribution is 2.18. The van der Waals surface area contributed by atoms with Gasteiger partial charge in [0.1, 0.15) is 0 Å². The van der Waals surface area contributed by atoms with Crippen molar-refractivity contribution in [2.75, 3.05) is 0 Å². The summed E-state index contributed by atoms with van der Waals surface area (Å²) in [6.45, 7) is 14.4. The summed E-state index contributed by atoms with van der Waals surface area (Å²) in [4.78, 5) is 24.3. The summed E-state index contributed by atoms with van der Waals surface area (Å²) in [5, 5.41) is 3.32. The summed E-state index contributed by atoms with van der Waals surface area (Å²) in [5.41, 5.74) is 2.16. The van der Waals surface area contributed by atoms with Crippen molar-refractivity contribution in [1.29, 1.82) is 0 Å². The van der Waals surface area contributed by atoms with E-state index in [9.17, 15) is 9.59 Å². The third-order valence-corrected chi connectivity index (χ3v) is 3.21. The largest absolute Gasteiger partial charge is 0.310 e. The van der Waals surface area contributed by atoms with Crippen molar-refractivity contribution in [3.05, 3.63) is 34.9 Å². The Kier molecular flexibility index (Phi) is 9.59. The summed E-state index contributed by atoms with van der Waals surface area (Å²) in [5.74, 6) is -0.0383. The number of hydrogen-bond donors (Lipinski definition) is 1. The van der Waals surface area contributed by atoms with Crippen LogP contribution in [0.3, 0.4) is 0 Å². The Hall–Kier alpha value is -1.48. The molecule has 1 aromatic carbocycles. The molecular weight excluding hydrogens is 274 g/mol. The first kappa shape index (κ1) is 20.5. The van der Waals surface area contributed by atoms with Gasteiger partial charge in [0.2, 0.25) is 0 Å². The fraction of sp³-hybridized carbons (Fsp3) is 0.579. The average molecular weight is 305 g/mol. The van der Waals surface area contributed by atoms with Gasteiger partial charge >= 0.3 is 0 Å². The number of ketones is 2. The maximum Gasteiger partial charge on any atom is 0.166 e. The zero-order chi connectivity index (χ0) is 17.3. The highest BCUT2D eigenvalue weighted by molar-refractivity contribution is 6.09. The Morgan fingerprint density at radius 2 is 1.64 bits per heavy atom. The van der Waals surface area contributed by atoms with Crippen LogP contribution >= 0.6 is 0 Å². The zero-order valence-corrected chi connectivity index (χ0v) is 15.1. The maximum absolute atomic E-state index is 12.2. The molecule has 0 aliphatic rings. The van der Waals surface area contributed by atoms with Gasteiger partial charge in [-0.3, -0.25) is 9.59 Å². The first-order valence-corrected chi connectivity index (χ1v) is 8.30. The first-order valence-electron chi connectivity index (χ1n) is 8.30. The number of Topliss-reactive ketones (excluding diaryl/α,β-unsaturated/α-hetero) is 2. The molecule has 0 fully saturated rings. The summed E-state index contributed by atoms with van der Waals surface area (Å²) in [7, 11) is 0. The molecule has 0 aliphatic carbocycles. The predicted molar refractivity (Wildman–Crippen MR) is 93.6 cm³/mol. The number of hydrogen-bond acceptors (Lipinski definition) is 3. The lowest BCUT2D eigenvalue weighted by molar-refractivity contribution is 0.0922. The third kappa shape index (κ3) is 6.10. The molecule has 0 atom stereocenters. The van der Waals surface area contributed by atoms with Crippen LogP contribution in [0.25, 0.3) is 0 Å². The van der Waals surface area contributed by atoms with Crippen LogP contribution in [0.4, 0.5) is 0 Å². The minimum atomic E-state index is -0.0990. The SMILES string of the molecule is CC.CCC(=O)c1cc(CNC(C)C)ccc1C(=O)C(C)C. The van der Waals surface area contributed by atoms with Crippen molar-refractivity contribution in [3.63, 3.8) is 0 Å². The smallest absolute Gasteiger partial charge is 0.166 e. The summed E-state index contributed by atoms with van der Waals surface area (Å²) in [6.07, 6.45) is 0.416. The van der Waals surface area contributed by atoms with Gasteiger partial charge in [-0.05, 0) is 11.6 Å². The topological polar surface area (TPSA) is 46.2 Å². The van der Waals surface area contributed by atoms with Crippen molar-refractivity contribution in [2.24, 2.45) is 5.92 Å². The summed E-state index contributed by atoms with van der Waals surface area (Å²) < 4.78 is 0. The number of nitrogens with one attached hydrogen (secondary N) is 1. The van der Waals surface area contributed by atoms with Crippen LogP contribution in [-0.4, -0.2) is 17.6 Å². The molecule has 0 spiro atoms. The normalized spacial score (nSPS) is 10.4. The Bertz CT molecular complexity index is 490. The molecule has 124 valence electrons. The van der Waals surface area contributed by atoms with Crippen LogP contribution in [0.2, 0.25) is 0 Å². The van der Waals surface area contributed by atoms with Crippen molar-refractivity contribution in [1.82, 2.24) is 5.32 Å². The van der Waals surface area contributed by atoms with Crippen LogP contribution in [0, 0.1) is 5.92 Å². The van der Waals surface area contributed by atoms with Crippen molar-refractivity contribution in [3.8, 4) is 0 Å². The molecule has 3 heteroatoms. The van der Waals surface area contributed by atoms with E-state index in [-0.39, 0.29) is 17.5 Å². The van der Waals surface area contributed by atoms with Gasteiger partial charge in [0.25, 0.3) is 0 Å². The number of rotatable bonds is 7. The fourth-order valence-electron chi connectivity index (χ4n) is 1.97. The molecule has 22 heavy (non-hydrogen) atoms. The van der Waals surface area contributed by atoms with Crippen LogP contribution in [-0.2, 0) is 6.54 Å². The van der Waals surface area contributed by atoms with E-state index >= 15 is 0 Å². The van der Waals surface area contributed by atoms with Gasteiger partial charge in [-0.15, -0.1) is 0 Å².